The van der Waals surface area contributed by atoms with Crippen LogP contribution in [-0.4, -0.2) is 5.11 Å². The van der Waals surface area contributed by atoms with Gasteiger partial charge in [-0.1, -0.05) is 28.1 Å². The summed E-state index contributed by atoms with van der Waals surface area (Å²) in [5, 5.41) is 12.2. The van der Waals surface area contributed by atoms with Crippen molar-refractivity contribution in [1.29, 1.82) is 0 Å². The number of hydrogen-bond donors (Lipinski definition) is 1. The molecule has 0 bridgehead atoms. The predicted octanol–water partition coefficient (Wildman–Crippen LogP) is 4.86. The molecule has 0 spiro atoms. The van der Waals surface area contributed by atoms with E-state index in [1.807, 2.05) is 30.5 Å². The molecule has 0 saturated carbocycles. The first kappa shape index (κ1) is 13.3. The average Bonchev–Trinajstić information content (AvgIpc) is 2.68. The van der Waals surface area contributed by atoms with Crippen molar-refractivity contribution < 1.29 is 5.11 Å². The van der Waals surface area contributed by atoms with Gasteiger partial charge in [-0.2, -0.15) is 0 Å². The van der Waals surface area contributed by atoms with Gasteiger partial charge in [0.25, 0.3) is 0 Å². The zero-order valence-electron chi connectivity index (χ0n) is 9.28. The van der Waals surface area contributed by atoms with Crippen LogP contribution < -0.4 is 0 Å². The van der Waals surface area contributed by atoms with Crippen LogP contribution in [0.2, 0.25) is 0 Å². The molecule has 2 aromatic rings. The van der Waals surface area contributed by atoms with E-state index in [0.717, 1.165) is 20.1 Å². The lowest BCUT2D eigenvalue weighted by Crippen LogP contribution is -2.00. The van der Waals surface area contributed by atoms with Gasteiger partial charge in [0.2, 0.25) is 0 Å². The van der Waals surface area contributed by atoms with Gasteiger partial charge in [-0.25, -0.2) is 0 Å². The Morgan fingerprint density at radius 1 is 1.29 bits per heavy atom. The van der Waals surface area contributed by atoms with Crippen LogP contribution in [0, 0.1) is 6.92 Å². The van der Waals surface area contributed by atoms with Crippen LogP contribution in [0.5, 0.6) is 0 Å². The third-order valence-corrected chi connectivity index (χ3v) is 5.19. The maximum atomic E-state index is 10.2. The first-order valence-corrected chi connectivity index (χ1v) is 7.70. The molecular weight excluding hydrogens is 364 g/mol. The predicted molar refractivity (Wildman–Crippen MR) is 79.6 cm³/mol. The fourth-order valence-electron chi connectivity index (χ4n) is 1.64. The molecule has 0 aliphatic rings. The van der Waals surface area contributed by atoms with Gasteiger partial charge >= 0.3 is 0 Å². The summed E-state index contributed by atoms with van der Waals surface area (Å²) >= 11 is 8.55. The largest absolute Gasteiger partial charge is 0.388 e. The molecule has 90 valence electrons. The van der Waals surface area contributed by atoms with Crippen LogP contribution in [0.1, 0.15) is 22.1 Å². The summed E-state index contributed by atoms with van der Waals surface area (Å²) < 4.78 is 2.16. The van der Waals surface area contributed by atoms with Crippen molar-refractivity contribution >= 4 is 43.2 Å². The minimum atomic E-state index is -0.438. The van der Waals surface area contributed by atoms with Gasteiger partial charge in [0.15, 0.2) is 0 Å². The maximum absolute atomic E-state index is 10.2. The van der Waals surface area contributed by atoms with E-state index < -0.39 is 6.10 Å². The molecule has 0 aliphatic heterocycles. The van der Waals surface area contributed by atoms with Crippen LogP contribution in [-0.2, 0) is 6.42 Å². The molecule has 17 heavy (non-hydrogen) atoms. The molecule has 2 rings (SSSR count). The molecule has 1 atom stereocenters. The highest BCUT2D eigenvalue weighted by Gasteiger charge is 2.11. The Morgan fingerprint density at radius 2 is 2.06 bits per heavy atom. The zero-order chi connectivity index (χ0) is 12.4. The summed E-state index contributed by atoms with van der Waals surface area (Å²) in [7, 11) is 0. The van der Waals surface area contributed by atoms with Crippen molar-refractivity contribution in [3.8, 4) is 0 Å². The van der Waals surface area contributed by atoms with Crippen molar-refractivity contribution in [1.82, 2.24) is 0 Å². The van der Waals surface area contributed by atoms with Gasteiger partial charge in [0.05, 0.1) is 6.10 Å². The normalized spacial score (nSPS) is 12.7. The summed E-state index contributed by atoms with van der Waals surface area (Å²) in [6.45, 7) is 2.03. The molecular formula is C13H12Br2OS. The van der Waals surface area contributed by atoms with E-state index in [2.05, 4.69) is 37.9 Å². The lowest BCUT2D eigenvalue weighted by molar-refractivity contribution is 0.179. The topological polar surface area (TPSA) is 20.2 Å². The smallest absolute Gasteiger partial charge is 0.0838 e. The molecule has 0 aliphatic carbocycles. The van der Waals surface area contributed by atoms with E-state index in [1.54, 1.807) is 11.3 Å². The number of hydrogen-bond acceptors (Lipinski definition) is 2. The van der Waals surface area contributed by atoms with E-state index in [0.29, 0.717) is 6.42 Å². The molecule has 1 N–H and O–H groups in total. The van der Waals surface area contributed by atoms with Crippen LogP contribution in [0.15, 0.2) is 38.6 Å². The summed E-state index contributed by atoms with van der Waals surface area (Å²) in [6, 6.07) is 8.03. The summed E-state index contributed by atoms with van der Waals surface area (Å²) in [6.07, 6.45) is 0.226. The molecule has 0 fully saturated rings. The van der Waals surface area contributed by atoms with Crippen LogP contribution in [0.25, 0.3) is 0 Å². The Balaban J connectivity index is 2.14. The van der Waals surface area contributed by atoms with Gasteiger partial charge in [-0.15, -0.1) is 11.3 Å². The van der Waals surface area contributed by atoms with Gasteiger partial charge < -0.3 is 5.11 Å². The molecule has 0 saturated heterocycles. The Bertz CT molecular complexity index is 522. The Labute approximate surface area is 122 Å². The summed E-state index contributed by atoms with van der Waals surface area (Å²) in [4.78, 5) is 1.19. The second-order valence-electron chi connectivity index (χ2n) is 3.96. The SMILES string of the molecule is Cc1cc(C(O)Cc2cc(Br)cs2)ccc1Br. The van der Waals surface area contributed by atoms with Gasteiger partial charge in [0, 0.05) is 25.6 Å². The molecule has 1 unspecified atom stereocenters. The number of aliphatic hydroxyl groups excluding tert-OH is 1. The first-order valence-electron chi connectivity index (χ1n) is 5.23. The molecule has 1 heterocycles. The van der Waals surface area contributed by atoms with Crippen LogP contribution in [0.4, 0.5) is 0 Å². The Kier molecular flexibility index (Phi) is 4.42. The van der Waals surface area contributed by atoms with Crippen LogP contribution >= 0.6 is 43.2 Å². The summed E-state index contributed by atoms with van der Waals surface area (Å²) in [5.41, 5.74) is 2.11. The second-order valence-corrected chi connectivity index (χ2v) is 6.73. The molecule has 4 heteroatoms. The van der Waals surface area contributed by atoms with Crippen molar-refractivity contribution in [3.63, 3.8) is 0 Å². The monoisotopic (exact) mass is 374 g/mol. The van der Waals surface area contributed by atoms with E-state index in [1.165, 1.54) is 4.88 Å². The van der Waals surface area contributed by atoms with Crippen molar-refractivity contribution in [2.24, 2.45) is 0 Å². The minimum Gasteiger partial charge on any atom is -0.388 e. The quantitative estimate of drug-likeness (QED) is 0.812. The fourth-order valence-corrected chi connectivity index (χ4v) is 3.38. The molecule has 1 nitrogen and oxygen atoms in total. The fraction of sp³-hybridized carbons (Fsp3) is 0.231. The number of halogens is 2. The number of aryl methyl sites for hydroxylation is 1. The third-order valence-electron chi connectivity index (χ3n) is 2.58. The standard InChI is InChI=1S/C13H12Br2OS/c1-8-4-9(2-3-12(8)15)13(16)6-11-5-10(14)7-17-11/h2-5,7,13,16H,6H2,1H3. The average molecular weight is 376 g/mol. The number of rotatable bonds is 3. The second kappa shape index (κ2) is 5.65. The van der Waals surface area contributed by atoms with Crippen molar-refractivity contribution in [3.05, 3.63) is 54.6 Å². The van der Waals surface area contributed by atoms with Crippen molar-refractivity contribution in [2.75, 3.05) is 0 Å². The van der Waals surface area contributed by atoms with E-state index in [9.17, 15) is 5.11 Å². The number of thiophene rings is 1. The highest BCUT2D eigenvalue weighted by Crippen LogP contribution is 2.27. The van der Waals surface area contributed by atoms with E-state index in [4.69, 9.17) is 0 Å². The highest BCUT2D eigenvalue weighted by atomic mass is 79.9. The first-order chi connectivity index (χ1) is 8.06. The van der Waals surface area contributed by atoms with Gasteiger partial charge in [0.1, 0.15) is 0 Å². The number of benzene rings is 1. The van der Waals surface area contributed by atoms with Crippen LogP contribution in [0.3, 0.4) is 0 Å². The molecule has 0 radical (unpaired) electrons. The molecule has 1 aromatic heterocycles. The lowest BCUT2D eigenvalue weighted by atomic mass is 10.0. The van der Waals surface area contributed by atoms with Crippen molar-refractivity contribution in [2.45, 2.75) is 19.4 Å². The van der Waals surface area contributed by atoms with E-state index >= 15 is 0 Å². The zero-order valence-corrected chi connectivity index (χ0v) is 13.3. The summed E-state index contributed by atoms with van der Waals surface area (Å²) in [5.74, 6) is 0. The lowest BCUT2D eigenvalue weighted by Gasteiger charge is -2.11. The van der Waals surface area contributed by atoms with Gasteiger partial charge in [-0.3, -0.25) is 0 Å². The number of aliphatic hydroxyl groups is 1. The Hall–Kier alpha value is -0.160. The molecule has 1 aromatic carbocycles. The Morgan fingerprint density at radius 3 is 2.65 bits per heavy atom. The highest BCUT2D eigenvalue weighted by molar-refractivity contribution is 9.10. The van der Waals surface area contributed by atoms with E-state index in [-0.39, 0.29) is 0 Å². The molecule has 0 amide bonds. The van der Waals surface area contributed by atoms with Gasteiger partial charge in [-0.05, 0) is 46.1 Å². The maximum Gasteiger partial charge on any atom is 0.0838 e. The minimum absolute atomic E-state index is 0.438. The third kappa shape index (κ3) is 3.41.